The van der Waals surface area contributed by atoms with Crippen LogP contribution in [0.3, 0.4) is 0 Å². The van der Waals surface area contributed by atoms with Crippen molar-refractivity contribution >= 4 is 63.6 Å². The summed E-state index contributed by atoms with van der Waals surface area (Å²) in [5.74, 6) is -0.580. The van der Waals surface area contributed by atoms with Crippen molar-refractivity contribution in [2.45, 2.75) is 26.7 Å². The van der Waals surface area contributed by atoms with E-state index in [1.807, 2.05) is 19.1 Å². The average molecular weight is 513 g/mol. The van der Waals surface area contributed by atoms with E-state index in [4.69, 9.17) is 28.4 Å². The quantitative estimate of drug-likeness (QED) is 0.337. The highest BCUT2D eigenvalue weighted by Gasteiger charge is 2.33. The number of rotatable bonds is 7. The third-order valence-corrected chi connectivity index (χ3v) is 6.94. The second kappa shape index (κ2) is 10.5. The number of aromatic nitrogens is 2. The predicted molar refractivity (Wildman–Crippen MR) is 138 cm³/mol. The molecule has 174 valence electrons. The number of benzene rings is 2. The second-order valence-corrected chi connectivity index (χ2v) is 9.64. The highest BCUT2D eigenvalue weighted by Crippen LogP contribution is 2.33. The van der Waals surface area contributed by atoms with E-state index in [0.717, 1.165) is 46.9 Å². The summed E-state index contributed by atoms with van der Waals surface area (Å²) in [5.41, 5.74) is 4.32. The highest BCUT2D eigenvalue weighted by molar-refractivity contribution is 8.26. The first kappa shape index (κ1) is 24.1. The fraction of sp³-hybridized carbons (Fsp3) is 0.208. The molecule has 1 saturated heterocycles. The molecule has 0 unspecified atom stereocenters. The van der Waals surface area contributed by atoms with Gasteiger partial charge in [-0.2, -0.15) is 0 Å². The van der Waals surface area contributed by atoms with Crippen molar-refractivity contribution in [2.75, 3.05) is 11.9 Å². The summed E-state index contributed by atoms with van der Waals surface area (Å²) in [4.78, 5) is 27.4. The Kier molecular flexibility index (Phi) is 7.45. The molecular weight excluding hydrogens is 492 g/mol. The van der Waals surface area contributed by atoms with Gasteiger partial charge in [-0.3, -0.25) is 14.5 Å². The molecule has 2 aromatic carbocycles. The first-order valence-electron chi connectivity index (χ1n) is 10.6. The number of hydrogen-bond donors (Lipinski definition) is 1. The lowest BCUT2D eigenvalue weighted by Gasteiger charge is -2.14. The van der Waals surface area contributed by atoms with Crippen molar-refractivity contribution < 1.29 is 14.2 Å². The van der Waals surface area contributed by atoms with E-state index in [1.165, 1.54) is 4.90 Å². The van der Waals surface area contributed by atoms with Crippen LogP contribution in [-0.2, 0) is 22.4 Å². The van der Waals surface area contributed by atoms with Gasteiger partial charge in [-0.1, -0.05) is 73.7 Å². The van der Waals surface area contributed by atoms with Crippen molar-refractivity contribution in [1.29, 1.82) is 0 Å². The van der Waals surface area contributed by atoms with Gasteiger partial charge in [-0.05, 0) is 64.1 Å². The Morgan fingerprint density at radius 3 is 2.65 bits per heavy atom. The normalized spacial score (nSPS) is 14.8. The maximum absolute atomic E-state index is 12.9. The molecule has 3 aromatic rings. The minimum absolute atomic E-state index is 0.204. The average Bonchev–Trinajstić information content (AvgIpc) is 3.39. The molecule has 0 spiro atoms. The van der Waals surface area contributed by atoms with E-state index in [1.54, 1.807) is 30.3 Å². The minimum atomic E-state index is -0.453. The Bertz CT molecular complexity index is 1290. The lowest BCUT2D eigenvalue weighted by atomic mass is 9.98. The van der Waals surface area contributed by atoms with Gasteiger partial charge in [-0.15, -0.1) is 0 Å². The molecular formula is C24H21ClN4O3S2. The molecule has 34 heavy (non-hydrogen) atoms. The van der Waals surface area contributed by atoms with Crippen molar-refractivity contribution in [3.63, 3.8) is 0 Å². The SMILES string of the molecule is CCc1ccc(CC)c(-c2nonc2NC(=O)CN2C(=O)/C(=C/c3ccc(Cl)cc3)SC2=S)c1. The molecule has 1 aromatic heterocycles. The standard InChI is InChI=1S/C24H21ClN4O3S2/c1-3-14-5-8-16(4-2)18(11-14)21-22(28-32-27-21)26-20(30)13-29-23(31)19(34-24(29)33)12-15-6-9-17(25)10-7-15/h5-12H,3-4,13H2,1-2H3,(H,26,28,30)/b19-12-. The Morgan fingerprint density at radius 2 is 1.94 bits per heavy atom. The van der Waals surface area contributed by atoms with Crippen molar-refractivity contribution in [1.82, 2.24) is 15.2 Å². The number of thioether (sulfide) groups is 1. The Labute approximate surface area is 211 Å². The molecule has 0 aliphatic carbocycles. The number of carbonyl (C=O) groups excluding carboxylic acids is 2. The number of nitrogens with zero attached hydrogens (tertiary/aromatic N) is 3. The summed E-state index contributed by atoms with van der Waals surface area (Å²) in [6, 6.07) is 13.2. The van der Waals surface area contributed by atoms with Crippen LogP contribution in [0.2, 0.25) is 5.02 Å². The van der Waals surface area contributed by atoms with Gasteiger partial charge in [0.2, 0.25) is 11.7 Å². The van der Waals surface area contributed by atoms with Gasteiger partial charge in [0.1, 0.15) is 10.9 Å². The summed E-state index contributed by atoms with van der Waals surface area (Å²) in [6.07, 6.45) is 3.37. The Morgan fingerprint density at radius 1 is 1.18 bits per heavy atom. The maximum Gasteiger partial charge on any atom is 0.266 e. The van der Waals surface area contributed by atoms with Crippen LogP contribution >= 0.6 is 35.6 Å². The van der Waals surface area contributed by atoms with Crippen LogP contribution in [0.1, 0.15) is 30.5 Å². The number of carbonyl (C=O) groups is 2. The molecule has 1 aliphatic rings. The van der Waals surface area contributed by atoms with E-state index < -0.39 is 5.91 Å². The Balaban J connectivity index is 1.49. The summed E-state index contributed by atoms with van der Waals surface area (Å²) in [5, 5.41) is 11.2. The van der Waals surface area contributed by atoms with Crippen LogP contribution in [0.4, 0.5) is 5.82 Å². The number of hydrogen-bond acceptors (Lipinski definition) is 7. The molecule has 1 fully saturated rings. The molecule has 1 aliphatic heterocycles. The summed E-state index contributed by atoms with van der Waals surface area (Å²) < 4.78 is 5.24. The van der Waals surface area contributed by atoms with Gasteiger partial charge in [0.05, 0.1) is 4.91 Å². The Hall–Kier alpha value is -3.01. The smallest absolute Gasteiger partial charge is 0.266 e. The van der Waals surface area contributed by atoms with E-state index >= 15 is 0 Å². The van der Waals surface area contributed by atoms with Crippen molar-refractivity contribution in [3.05, 3.63) is 69.1 Å². The van der Waals surface area contributed by atoms with Gasteiger partial charge in [0.15, 0.2) is 5.69 Å². The molecule has 0 bridgehead atoms. The molecule has 7 nitrogen and oxygen atoms in total. The van der Waals surface area contributed by atoms with Gasteiger partial charge in [0, 0.05) is 10.6 Å². The molecule has 10 heteroatoms. The van der Waals surface area contributed by atoms with Crippen LogP contribution < -0.4 is 5.32 Å². The van der Waals surface area contributed by atoms with E-state index in [2.05, 4.69) is 28.6 Å². The lowest BCUT2D eigenvalue weighted by Crippen LogP contribution is -2.36. The van der Waals surface area contributed by atoms with Crippen LogP contribution in [0, 0.1) is 0 Å². The zero-order valence-electron chi connectivity index (χ0n) is 18.5. The number of halogens is 1. The van der Waals surface area contributed by atoms with Crippen molar-refractivity contribution in [3.8, 4) is 11.3 Å². The van der Waals surface area contributed by atoms with E-state index in [-0.39, 0.29) is 18.3 Å². The monoisotopic (exact) mass is 512 g/mol. The lowest BCUT2D eigenvalue weighted by molar-refractivity contribution is -0.126. The fourth-order valence-electron chi connectivity index (χ4n) is 3.48. The number of amides is 2. The minimum Gasteiger partial charge on any atom is -0.304 e. The predicted octanol–water partition coefficient (Wildman–Crippen LogP) is 5.35. The molecule has 2 heterocycles. The highest BCUT2D eigenvalue weighted by atomic mass is 35.5. The zero-order chi connectivity index (χ0) is 24.2. The molecule has 0 atom stereocenters. The van der Waals surface area contributed by atoms with Crippen LogP contribution in [-0.4, -0.2) is 37.9 Å². The van der Waals surface area contributed by atoms with Gasteiger partial charge in [-0.25, -0.2) is 4.63 Å². The molecule has 2 amide bonds. The summed E-state index contributed by atoms with van der Waals surface area (Å²) in [7, 11) is 0. The summed E-state index contributed by atoms with van der Waals surface area (Å²) in [6.45, 7) is 3.87. The maximum atomic E-state index is 12.9. The van der Waals surface area contributed by atoms with E-state index in [9.17, 15) is 9.59 Å². The third-order valence-electron chi connectivity index (χ3n) is 5.31. The summed E-state index contributed by atoms with van der Waals surface area (Å²) >= 11 is 12.4. The van der Waals surface area contributed by atoms with Crippen LogP contribution in [0.15, 0.2) is 52.0 Å². The molecule has 1 N–H and O–H groups in total. The first-order valence-corrected chi connectivity index (χ1v) is 12.2. The van der Waals surface area contributed by atoms with Gasteiger partial charge >= 0.3 is 0 Å². The largest absolute Gasteiger partial charge is 0.304 e. The van der Waals surface area contributed by atoms with Crippen molar-refractivity contribution in [2.24, 2.45) is 0 Å². The second-order valence-electron chi connectivity index (χ2n) is 7.53. The zero-order valence-corrected chi connectivity index (χ0v) is 20.9. The molecule has 0 radical (unpaired) electrons. The van der Waals surface area contributed by atoms with Crippen LogP contribution in [0.25, 0.3) is 17.3 Å². The van der Waals surface area contributed by atoms with E-state index in [0.29, 0.717) is 19.9 Å². The van der Waals surface area contributed by atoms with Crippen LogP contribution in [0.5, 0.6) is 0 Å². The topological polar surface area (TPSA) is 88.3 Å². The first-order chi connectivity index (χ1) is 16.4. The van der Waals surface area contributed by atoms with Gasteiger partial charge < -0.3 is 5.32 Å². The third kappa shape index (κ3) is 5.22. The molecule has 0 saturated carbocycles. The number of thiocarbonyl (C=S) groups is 1. The number of nitrogens with one attached hydrogen (secondary N) is 1. The molecule has 4 rings (SSSR count). The fourth-order valence-corrected chi connectivity index (χ4v) is 4.86. The number of aryl methyl sites for hydroxylation is 2. The number of anilines is 1. The van der Waals surface area contributed by atoms with Gasteiger partial charge in [0.25, 0.3) is 5.91 Å².